The van der Waals surface area contributed by atoms with Crippen molar-refractivity contribution in [2.24, 2.45) is 0 Å². The quantitative estimate of drug-likeness (QED) is 0.419. The van der Waals surface area contributed by atoms with Crippen LogP contribution in [0, 0.1) is 0 Å². The van der Waals surface area contributed by atoms with Crippen molar-refractivity contribution in [3.63, 3.8) is 0 Å². The molecular weight excluding hydrogens is 440 g/mol. The number of aromatic nitrogens is 2. The zero-order valence-electron chi connectivity index (χ0n) is 19.3. The van der Waals surface area contributed by atoms with E-state index >= 15 is 0 Å². The van der Waals surface area contributed by atoms with Crippen LogP contribution >= 0.6 is 11.6 Å². The molecule has 0 aliphatic carbocycles. The molecule has 1 heterocycles. The second-order valence-corrected chi connectivity index (χ2v) is 9.07. The molecule has 2 aromatic carbocycles. The van der Waals surface area contributed by atoms with Crippen LogP contribution in [0.15, 0.2) is 54.6 Å². The Bertz CT molecular complexity index is 1120. The Kier molecular flexibility index (Phi) is 7.76. The van der Waals surface area contributed by atoms with Crippen molar-refractivity contribution in [3.05, 3.63) is 70.9 Å². The smallest absolute Gasteiger partial charge is 0.324 e. The van der Waals surface area contributed by atoms with Gasteiger partial charge in [-0.05, 0) is 55.3 Å². The van der Waals surface area contributed by atoms with E-state index in [9.17, 15) is 9.59 Å². The maximum absolute atomic E-state index is 12.7. The van der Waals surface area contributed by atoms with E-state index in [2.05, 4.69) is 31.4 Å². The summed E-state index contributed by atoms with van der Waals surface area (Å²) in [5, 5.41) is 11.0. The zero-order chi connectivity index (χ0) is 24.0. The third-order valence-electron chi connectivity index (χ3n) is 4.90. The minimum atomic E-state index is -0.391. The lowest BCUT2D eigenvalue weighted by molar-refractivity contribution is -0.143. The Balaban J connectivity index is 1.84. The molecule has 8 heteroatoms. The van der Waals surface area contributed by atoms with E-state index in [1.807, 2.05) is 30.3 Å². The summed E-state index contributed by atoms with van der Waals surface area (Å²) in [6, 6.07) is 16.1. The molecule has 2 amide bonds. The summed E-state index contributed by atoms with van der Waals surface area (Å²) in [5.41, 5.74) is 3.01. The molecule has 2 N–H and O–H groups in total. The first-order chi connectivity index (χ1) is 15.7. The molecule has 0 bridgehead atoms. The first-order valence-corrected chi connectivity index (χ1v) is 11.2. The molecule has 0 atom stereocenters. The minimum Gasteiger partial charge on any atom is -0.466 e. The van der Waals surface area contributed by atoms with Crippen molar-refractivity contribution in [1.29, 1.82) is 0 Å². The first kappa shape index (κ1) is 24.3. The number of nitrogens with zero attached hydrogens (tertiary/aromatic N) is 2. The Labute approximate surface area is 199 Å². The standard InChI is InChI=1S/C25H29ClN4O3/c1-5-33-23(31)14-9-17-7-6-8-20(15-17)30-22(16-21(29-30)25(2,3)4)28-24(32)27-19-12-10-18(26)11-13-19/h6-8,10-13,15-16H,5,9,14H2,1-4H3,(H2,27,28,32). The van der Waals surface area contributed by atoms with E-state index < -0.39 is 6.03 Å². The third kappa shape index (κ3) is 6.83. The van der Waals surface area contributed by atoms with E-state index in [0.29, 0.717) is 36.0 Å². The molecule has 7 nitrogen and oxygen atoms in total. The Morgan fingerprint density at radius 3 is 2.45 bits per heavy atom. The van der Waals surface area contributed by atoms with Crippen LogP contribution in [0.4, 0.5) is 16.3 Å². The Morgan fingerprint density at radius 2 is 1.79 bits per heavy atom. The Hall–Kier alpha value is -3.32. The Morgan fingerprint density at radius 1 is 1.06 bits per heavy atom. The highest BCUT2D eigenvalue weighted by Crippen LogP contribution is 2.27. The van der Waals surface area contributed by atoms with E-state index in [1.54, 1.807) is 35.9 Å². The SMILES string of the molecule is CCOC(=O)CCc1cccc(-n2nc(C(C)(C)C)cc2NC(=O)Nc2ccc(Cl)cc2)c1. The fourth-order valence-electron chi connectivity index (χ4n) is 3.17. The molecule has 3 aromatic rings. The summed E-state index contributed by atoms with van der Waals surface area (Å²) in [4.78, 5) is 24.4. The zero-order valence-corrected chi connectivity index (χ0v) is 20.1. The lowest BCUT2D eigenvalue weighted by atomic mass is 9.92. The van der Waals surface area contributed by atoms with E-state index in [-0.39, 0.29) is 11.4 Å². The second kappa shape index (κ2) is 10.5. The van der Waals surface area contributed by atoms with Gasteiger partial charge in [-0.25, -0.2) is 9.48 Å². The molecule has 0 aliphatic rings. The van der Waals surface area contributed by atoms with Gasteiger partial charge in [0.25, 0.3) is 0 Å². The number of hydrogen-bond acceptors (Lipinski definition) is 4. The monoisotopic (exact) mass is 468 g/mol. The van der Waals surface area contributed by atoms with Gasteiger partial charge in [-0.15, -0.1) is 0 Å². The number of halogens is 1. The molecule has 0 fully saturated rings. The number of ether oxygens (including phenoxy) is 1. The van der Waals surface area contributed by atoms with Gasteiger partial charge in [0.2, 0.25) is 0 Å². The first-order valence-electron chi connectivity index (χ1n) is 10.8. The number of hydrogen-bond donors (Lipinski definition) is 2. The second-order valence-electron chi connectivity index (χ2n) is 8.64. The van der Waals surface area contributed by atoms with Gasteiger partial charge in [-0.1, -0.05) is 44.5 Å². The van der Waals surface area contributed by atoms with Crippen LogP contribution in [0.25, 0.3) is 5.69 Å². The number of nitrogens with one attached hydrogen (secondary N) is 2. The van der Waals surface area contributed by atoms with E-state index in [4.69, 9.17) is 21.4 Å². The predicted molar refractivity (Wildman–Crippen MR) is 131 cm³/mol. The number of esters is 1. The van der Waals surface area contributed by atoms with Gasteiger partial charge in [0.05, 0.1) is 18.0 Å². The van der Waals surface area contributed by atoms with Gasteiger partial charge in [-0.2, -0.15) is 5.10 Å². The van der Waals surface area contributed by atoms with Crippen LogP contribution in [-0.2, 0) is 21.4 Å². The average molecular weight is 469 g/mol. The maximum Gasteiger partial charge on any atom is 0.324 e. The summed E-state index contributed by atoms with van der Waals surface area (Å²) in [6.45, 7) is 8.35. The van der Waals surface area contributed by atoms with Crippen molar-refractivity contribution >= 4 is 35.1 Å². The topological polar surface area (TPSA) is 85.2 Å². The highest BCUT2D eigenvalue weighted by atomic mass is 35.5. The van der Waals surface area contributed by atoms with Crippen LogP contribution in [-0.4, -0.2) is 28.4 Å². The van der Waals surface area contributed by atoms with Crippen LogP contribution in [0.1, 0.15) is 45.4 Å². The molecule has 3 rings (SSSR count). The number of aryl methyl sites for hydroxylation is 1. The van der Waals surface area contributed by atoms with Crippen LogP contribution in [0.3, 0.4) is 0 Å². The van der Waals surface area contributed by atoms with Crippen molar-refractivity contribution in [3.8, 4) is 5.69 Å². The van der Waals surface area contributed by atoms with Crippen LogP contribution in [0.2, 0.25) is 5.02 Å². The van der Waals surface area contributed by atoms with E-state index in [0.717, 1.165) is 16.9 Å². The number of carbonyl (C=O) groups excluding carboxylic acids is 2. The molecule has 0 radical (unpaired) electrons. The number of urea groups is 1. The van der Waals surface area contributed by atoms with Gasteiger partial charge >= 0.3 is 12.0 Å². The highest BCUT2D eigenvalue weighted by molar-refractivity contribution is 6.30. The fraction of sp³-hybridized carbons (Fsp3) is 0.320. The number of carbonyl (C=O) groups is 2. The average Bonchev–Trinajstić information content (AvgIpc) is 3.18. The number of benzene rings is 2. The van der Waals surface area contributed by atoms with Crippen molar-refractivity contribution in [2.45, 2.75) is 46.0 Å². The van der Waals surface area contributed by atoms with E-state index in [1.165, 1.54) is 0 Å². The predicted octanol–water partition coefficient (Wildman–Crippen LogP) is 5.96. The summed E-state index contributed by atoms with van der Waals surface area (Å²) in [7, 11) is 0. The number of anilines is 2. The van der Waals surface area contributed by atoms with Gasteiger partial charge in [0, 0.05) is 28.6 Å². The fourth-order valence-corrected chi connectivity index (χ4v) is 3.29. The van der Waals surface area contributed by atoms with Crippen LogP contribution < -0.4 is 10.6 Å². The number of amides is 2. The minimum absolute atomic E-state index is 0.212. The molecule has 1 aromatic heterocycles. The highest BCUT2D eigenvalue weighted by Gasteiger charge is 2.21. The normalized spacial score (nSPS) is 11.2. The summed E-state index contributed by atoms with van der Waals surface area (Å²) in [6.07, 6.45) is 0.859. The molecule has 0 saturated carbocycles. The molecule has 0 saturated heterocycles. The van der Waals surface area contributed by atoms with Gasteiger partial charge in [-0.3, -0.25) is 10.1 Å². The third-order valence-corrected chi connectivity index (χ3v) is 5.15. The van der Waals surface area contributed by atoms with Gasteiger partial charge < -0.3 is 10.1 Å². The largest absolute Gasteiger partial charge is 0.466 e. The summed E-state index contributed by atoms with van der Waals surface area (Å²) < 4.78 is 6.72. The van der Waals surface area contributed by atoms with Crippen molar-refractivity contribution < 1.29 is 14.3 Å². The molecular formula is C25H29ClN4O3. The van der Waals surface area contributed by atoms with Gasteiger partial charge in [0.1, 0.15) is 5.82 Å². The maximum atomic E-state index is 12.7. The van der Waals surface area contributed by atoms with Crippen molar-refractivity contribution in [2.75, 3.05) is 17.2 Å². The molecule has 0 aliphatic heterocycles. The molecule has 33 heavy (non-hydrogen) atoms. The molecule has 174 valence electrons. The summed E-state index contributed by atoms with van der Waals surface area (Å²) >= 11 is 5.91. The van der Waals surface area contributed by atoms with Gasteiger partial charge in [0.15, 0.2) is 0 Å². The number of rotatable bonds is 7. The molecule has 0 spiro atoms. The molecule has 0 unspecified atom stereocenters. The lowest BCUT2D eigenvalue weighted by Gasteiger charge is -2.14. The summed E-state index contributed by atoms with van der Waals surface area (Å²) in [5.74, 6) is 0.312. The lowest BCUT2D eigenvalue weighted by Crippen LogP contribution is -2.21. The van der Waals surface area contributed by atoms with Crippen LogP contribution in [0.5, 0.6) is 0 Å². The van der Waals surface area contributed by atoms with Crippen molar-refractivity contribution in [1.82, 2.24) is 9.78 Å².